The van der Waals surface area contributed by atoms with E-state index in [-0.39, 0.29) is 11.1 Å². The molecule has 0 unspecified atom stereocenters. The van der Waals surface area contributed by atoms with Crippen LogP contribution in [0.3, 0.4) is 0 Å². The van der Waals surface area contributed by atoms with Crippen molar-refractivity contribution in [2.45, 2.75) is 0 Å². The van der Waals surface area contributed by atoms with E-state index in [1.54, 1.807) is 18.3 Å². The molecule has 1 aromatic heterocycles. The van der Waals surface area contributed by atoms with Crippen molar-refractivity contribution in [2.24, 2.45) is 0 Å². The fraction of sp³-hybridized carbons (Fsp3) is 0. The molecule has 1 amide bonds. The second-order valence-electron chi connectivity index (χ2n) is 4.85. The molecule has 3 aromatic rings. The summed E-state index contributed by atoms with van der Waals surface area (Å²) < 4.78 is 0. The highest BCUT2D eigenvalue weighted by Crippen LogP contribution is 2.29. The molecule has 0 radical (unpaired) electrons. The fourth-order valence-corrected chi connectivity index (χ4v) is 2.55. The number of hydrogen-bond acceptors (Lipinski definition) is 2. The van der Waals surface area contributed by atoms with Crippen molar-refractivity contribution in [2.75, 3.05) is 5.32 Å². The minimum atomic E-state index is -0.301. The van der Waals surface area contributed by atoms with Gasteiger partial charge in [-0.25, -0.2) is 4.98 Å². The van der Waals surface area contributed by atoms with Gasteiger partial charge in [-0.1, -0.05) is 53.5 Å². The number of hydrogen-bond donors (Lipinski definition) is 1. The van der Waals surface area contributed by atoms with E-state index in [0.29, 0.717) is 16.3 Å². The number of halogens is 2. The summed E-state index contributed by atoms with van der Waals surface area (Å²) in [7, 11) is 0. The Kier molecular flexibility index (Phi) is 4.60. The Bertz CT molecular complexity index is 848. The molecule has 0 bridgehead atoms. The fourth-order valence-electron chi connectivity index (χ4n) is 2.22. The van der Waals surface area contributed by atoms with Crippen LogP contribution in [0.2, 0.25) is 10.2 Å². The standard InChI is InChI=1S/C18H12Cl2N2O/c19-13-9-7-12(8-10-13)14-4-1-2-6-16(14)22-18(23)15-5-3-11-21-17(15)20/h1-11H,(H,22,23)/i7+1,8+1,9+1,10+1,12+1,13+1. The number of pyridine rings is 1. The number of nitrogens with zero attached hydrogens (tertiary/aromatic N) is 1. The number of rotatable bonds is 3. The molecule has 1 N–H and O–H groups in total. The SMILES string of the molecule is O=C(Nc1ccccc1-[13c]1[13cH][13cH][13c](Cl)[13cH][13cH]1)c1cccnc1Cl. The van der Waals surface area contributed by atoms with E-state index in [1.165, 1.54) is 0 Å². The van der Waals surface area contributed by atoms with Gasteiger partial charge in [0.25, 0.3) is 5.91 Å². The summed E-state index contributed by atoms with van der Waals surface area (Å²) in [6.07, 6.45) is 1.54. The number of para-hydroxylation sites is 1. The predicted octanol–water partition coefficient (Wildman–Crippen LogP) is 5.31. The van der Waals surface area contributed by atoms with Gasteiger partial charge in [0.05, 0.1) is 5.56 Å². The van der Waals surface area contributed by atoms with Gasteiger partial charge < -0.3 is 5.32 Å². The maximum atomic E-state index is 12.4. The average molecular weight is 349 g/mol. The highest BCUT2D eigenvalue weighted by molar-refractivity contribution is 6.33. The van der Waals surface area contributed by atoms with E-state index in [2.05, 4.69) is 10.3 Å². The molecule has 0 spiro atoms. The first-order valence-electron chi connectivity index (χ1n) is 6.92. The lowest BCUT2D eigenvalue weighted by atomic mass is 10.2. The number of carbonyl (C=O) groups is 1. The minimum absolute atomic E-state index is 0.175. The van der Waals surface area contributed by atoms with Crippen LogP contribution in [-0.2, 0) is 0 Å². The number of nitrogens with one attached hydrogen (secondary N) is 1. The number of anilines is 1. The van der Waals surface area contributed by atoms with Crippen LogP contribution in [0.15, 0.2) is 66.9 Å². The summed E-state index contributed by atoms with van der Waals surface area (Å²) >= 11 is 11.9. The molecular weight excluding hydrogens is 337 g/mol. The van der Waals surface area contributed by atoms with Gasteiger partial charge in [-0.15, -0.1) is 0 Å². The highest BCUT2D eigenvalue weighted by atomic mass is 35.5. The second-order valence-corrected chi connectivity index (χ2v) is 5.64. The van der Waals surface area contributed by atoms with Gasteiger partial charge in [0.2, 0.25) is 0 Å². The van der Waals surface area contributed by atoms with Gasteiger partial charge in [0.15, 0.2) is 0 Å². The maximum absolute atomic E-state index is 12.4. The monoisotopic (exact) mass is 348 g/mol. The summed E-state index contributed by atoms with van der Waals surface area (Å²) in [4.78, 5) is 16.3. The third-order valence-electron chi connectivity index (χ3n) is 3.33. The third kappa shape index (κ3) is 3.52. The molecule has 0 aliphatic carbocycles. The lowest BCUT2D eigenvalue weighted by Gasteiger charge is -2.12. The van der Waals surface area contributed by atoms with E-state index in [9.17, 15) is 4.79 Å². The first-order valence-corrected chi connectivity index (χ1v) is 7.67. The zero-order valence-corrected chi connectivity index (χ0v) is 13.5. The summed E-state index contributed by atoms with van der Waals surface area (Å²) in [5, 5.41) is 3.72. The Balaban J connectivity index is 1.94. The molecule has 0 fully saturated rings. The molecule has 0 saturated carbocycles. The van der Waals surface area contributed by atoms with Crippen LogP contribution in [0.4, 0.5) is 5.69 Å². The van der Waals surface area contributed by atoms with Crippen molar-refractivity contribution in [3.05, 3.63) is 82.6 Å². The molecule has 0 atom stereocenters. The van der Waals surface area contributed by atoms with Crippen LogP contribution in [0.5, 0.6) is 0 Å². The molecule has 3 rings (SSSR count). The Morgan fingerprint density at radius 3 is 2.39 bits per heavy atom. The number of aromatic nitrogens is 1. The van der Waals surface area contributed by atoms with Crippen LogP contribution < -0.4 is 5.32 Å². The number of benzene rings is 2. The van der Waals surface area contributed by atoms with E-state index >= 15 is 0 Å². The van der Waals surface area contributed by atoms with Crippen LogP contribution >= 0.6 is 23.2 Å². The molecule has 0 aliphatic heterocycles. The van der Waals surface area contributed by atoms with E-state index in [1.807, 2.05) is 48.5 Å². The van der Waals surface area contributed by atoms with E-state index in [0.717, 1.165) is 11.1 Å². The molecule has 0 aliphatic rings. The highest BCUT2D eigenvalue weighted by Gasteiger charge is 2.13. The minimum Gasteiger partial charge on any atom is -0.321 e. The zero-order valence-electron chi connectivity index (χ0n) is 12.0. The summed E-state index contributed by atoms with van der Waals surface area (Å²) in [6, 6.07) is 18.3. The molecule has 23 heavy (non-hydrogen) atoms. The smallest absolute Gasteiger partial charge is 0.258 e. The maximum Gasteiger partial charge on any atom is 0.258 e. The van der Waals surface area contributed by atoms with Gasteiger partial charge in [-0.3, -0.25) is 4.79 Å². The number of amides is 1. The normalized spacial score (nSPS) is 10.3. The van der Waals surface area contributed by atoms with Crippen LogP contribution in [0, 0.1) is 0 Å². The predicted molar refractivity (Wildman–Crippen MR) is 94.1 cm³/mol. The molecule has 5 heteroatoms. The molecule has 2 aromatic carbocycles. The van der Waals surface area contributed by atoms with Crippen molar-refractivity contribution in [1.82, 2.24) is 4.98 Å². The Morgan fingerprint density at radius 1 is 0.913 bits per heavy atom. The molecule has 114 valence electrons. The molecule has 3 nitrogen and oxygen atoms in total. The van der Waals surface area contributed by atoms with Crippen LogP contribution in [0.1, 0.15) is 10.4 Å². The Hall–Kier alpha value is -2.36. The third-order valence-corrected chi connectivity index (χ3v) is 3.89. The van der Waals surface area contributed by atoms with Gasteiger partial charge in [0, 0.05) is 22.5 Å². The topological polar surface area (TPSA) is 42.0 Å². The first-order chi connectivity index (χ1) is 11.1. The summed E-state index contributed by atoms with van der Waals surface area (Å²) in [5.74, 6) is -0.301. The van der Waals surface area contributed by atoms with Crippen LogP contribution in [0.25, 0.3) is 11.1 Å². The van der Waals surface area contributed by atoms with Crippen molar-refractivity contribution in [1.29, 1.82) is 0 Å². The van der Waals surface area contributed by atoms with Crippen LogP contribution in [-0.4, -0.2) is 10.9 Å². The van der Waals surface area contributed by atoms with Gasteiger partial charge in [-0.05, 0) is 35.9 Å². The Labute approximate surface area is 143 Å². The van der Waals surface area contributed by atoms with E-state index in [4.69, 9.17) is 23.2 Å². The first kappa shape index (κ1) is 15.5. The quantitative estimate of drug-likeness (QED) is 0.652. The molecule has 0 saturated heterocycles. The lowest BCUT2D eigenvalue weighted by Crippen LogP contribution is -2.13. The van der Waals surface area contributed by atoms with Crippen molar-refractivity contribution >= 4 is 34.8 Å². The Morgan fingerprint density at radius 2 is 1.65 bits per heavy atom. The summed E-state index contributed by atoms with van der Waals surface area (Å²) in [6.45, 7) is 0. The molecule has 1 heterocycles. The average Bonchev–Trinajstić information content (AvgIpc) is 2.56. The largest absolute Gasteiger partial charge is 0.321 e. The second kappa shape index (κ2) is 6.82. The zero-order chi connectivity index (χ0) is 16.2. The van der Waals surface area contributed by atoms with Gasteiger partial charge in [-0.2, -0.15) is 0 Å². The van der Waals surface area contributed by atoms with Gasteiger partial charge >= 0.3 is 0 Å². The number of carbonyl (C=O) groups excluding carboxylic acids is 1. The molecular formula is C18H12Cl2N2O. The lowest BCUT2D eigenvalue weighted by molar-refractivity contribution is 0.102. The van der Waals surface area contributed by atoms with Crippen molar-refractivity contribution in [3.63, 3.8) is 0 Å². The van der Waals surface area contributed by atoms with Crippen molar-refractivity contribution < 1.29 is 4.79 Å². The van der Waals surface area contributed by atoms with Gasteiger partial charge in [0.1, 0.15) is 5.15 Å². The summed E-state index contributed by atoms with van der Waals surface area (Å²) in [5.41, 5.74) is 2.89. The van der Waals surface area contributed by atoms with E-state index < -0.39 is 0 Å². The van der Waals surface area contributed by atoms with Crippen molar-refractivity contribution in [3.8, 4) is 11.1 Å².